The van der Waals surface area contributed by atoms with Crippen LogP contribution in [0.15, 0.2) is 36.4 Å². The molecular formula is C16H17Cl2NO. The molecule has 1 unspecified atom stereocenters. The molecule has 106 valence electrons. The average molecular weight is 310 g/mol. The first kappa shape index (κ1) is 15.2. The highest BCUT2D eigenvalue weighted by molar-refractivity contribution is 6.35. The summed E-state index contributed by atoms with van der Waals surface area (Å²) < 4.78 is 0. The molecule has 0 spiro atoms. The summed E-state index contributed by atoms with van der Waals surface area (Å²) >= 11 is 11.9. The van der Waals surface area contributed by atoms with Crippen molar-refractivity contribution >= 4 is 23.2 Å². The Bertz CT molecular complexity index is 613. The summed E-state index contributed by atoms with van der Waals surface area (Å²) in [6.07, 6.45) is 0. The van der Waals surface area contributed by atoms with E-state index in [1.165, 1.54) is 17.2 Å². The molecule has 2 nitrogen and oxygen atoms in total. The SMILES string of the molecule is Cc1ccccc1C(C)NCc1cc(Cl)cc(Cl)c1O. The van der Waals surface area contributed by atoms with Gasteiger partial charge in [0.05, 0.1) is 5.02 Å². The van der Waals surface area contributed by atoms with Gasteiger partial charge in [0.1, 0.15) is 5.75 Å². The molecule has 0 aromatic heterocycles. The number of benzene rings is 2. The van der Waals surface area contributed by atoms with E-state index in [1.54, 1.807) is 6.07 Å². The van der Waals surface area contributed by atoms with Gasteiger partial charge in [-0.2, -0.15) is 0 Å². The highest BCUT2D eigenvalue weighted by Gasteiger charge is 2.11. The zero-order chi connectivity index (χ0) is 14.7. The van der Waals surface area contributed by atoms with Gasteiger partial charge in [0.25, 0.3) is 0 Å². The summed E-state index contributed by atoms with van der Waals surface area (Å²) in [5, 5.41) is 14.1. The second-order valence-corrected chi connectivity index (χ2v) is 5.70. The Kier molecular flexibility index (Phi) is 4.92. The molecule has 20 heavy (non-hydrogen) atoms. The van der Waals surface area contributed by atoms with Crippen molar-refractivity contribution in [3.63, 3.8) is 0 Å². The van der Waals surface area contributed by atoms with E-state index in [2.05, 4.69) is 31.3 Å². The highest BCUT2D eigenvalue weighted by Crippen LogP contribution is 2.31. The van der Waals surface area contributed by atoms with Gasteiger partial charge in [0.15, 0.2) is 0 Å². The Morgan fingerprint density at radius 1 is 1.20 bits per heavy atom. The summed E-state index contributed by atoms with van der Waals surface area (Å²) in [6, 6.07) is 11.7. The Morgan fingerprint density at radius 2 is 1.90 bits per heavy atom. The molecule has 0 bridgehead atoms. The summed E-state index contributed by atoms with van der Waals surface area (Å²) in [6.45, 7) is 4.67. The van der Waals surface area contributed by atoms with E-state index in [0.29, 0.717) is 17.1 Å². The normalized spacial score (nSPS) is 12.4. The number of nitrogens with one attached hydrogen (secondary N) is 1. The Hall–Kier alpha value is -1.22. The molecule has 0 saturated heterocycles. The van der Waals surface area contributed by atoms with Gasteiger partial charge < -0.3 is 10.4 Å². The smallest absolute Gasteiger partial charge is 0.138 e. The maximum atomic E-state index is 9.93. The van der Waals surface area contributed by atoms with Crippen LogP contribution in [-0.2, 0) is 6.54 Å². The highest BCUT2D eigenvalue weighted by atomic mass is 35.5. The van der Waals surface area contributed by atoms with Gasteiger partial charge in [0, 0.05) is 23.2 Å². The lowest BCUT2D eigenvalue weighted by Gasteiger charge is -2.17. The molecule has 1 atom stereocenters. The predicted molar refractivity (Wildman–Crippen MR) is 84.6 cm³/mol. The lowest BCUT2D eigenvalue weighted by Crippen LogP contribution is -2.19. The van der Waals surface area contributed by atoms with E-state index >= 15 is 0 Å². The molecule has 0 aliphatic carbocycles. The molecule has 0 fully saturated rings. The first-order valence-corrected chi connectivity index (χ1v) is 7.20. The third-order valence-corrected chi connectivity index (χ3v) is 3.87. The first-order chi connectivity index (χ1) is 9.49. The van der Waals surface area contributed by atoms with Crippen molar-refractivity contribution in [2.45, 2.75) is 26.4 Å². The lowest BCUT2D eigenvalue weighted by atomic mass is 10.0. The molecule has 0 amide bonds. The topological polar surface area (TPSA) is 32.3 Å². The maximum Gasteiger partial charge on any atom is 0.138 e. The monoisotopic (exact) mass is 309 g/mol. The fraction of sp³-hybridized carbons (Fsp3) is 0.250. The fourth-order valence-corrected chi connectivity index (χ4v) is 2.74. The maximum absolute atomic E-state index is 9.93. The van der Waals surface area contributed by atoms with E-state index in [0.717, 1.165) is 0 Å². The molecule has 2 aromatic carbocycles. The number of hydrogen-bond donors (Lipinski definition) is 2. The molecule has 2 rings (SSSR count). The van der Waals surface area contributed by atoms with Gasteiger partial charge in [-0.15, -0.1) is 0 Å². The van der Waals surface area contributed by atoms with E-state index < -0.39 is 0 Å². The second-order valence-electron chi connectivity index (χ2n) is 4.85. The molecule has 0 saturated carbocycles. The Labute approximate surface area is 129 Å². The van der Waals surface area contributed by atoms with Crippen molar-refractivity contribution in [2.24, 2.45) is 0 Å². The van der Waals surface area contributed by atoms with Crippen molar-refractivity contribution in [1.29, 1.82) is 0 Å². The summed E-state index contributed by atoms with van der Waals surface area (Å²) in [5.74, 6) is 0.0838. The van der Waals surface area contributed by atoms with Gasteiger partial charge in [-0.05, 0) is 37.1 Å². The summed E-state index contributed by atoms with van der Waals surface area (Å²) in [4.78, 5) is 0. The van der Waals surface area contributed by atoms with Crippen LogP contribution in [0.5, 0.6) is 5.75 Å². The van der Waals surface area contributed by atoms with E-state index in [9.17, 15) is 5.11 Å². The van der Waals surface area contributed by atoms with E-state index in [-0.39, 0.29) is 16.8 Å². The van der Waals surface area contributed by atoms with Crippen LogP contribution >= 0.6 is 23.2 Å². The molecule has 0 radical (unpaired) electrons. The van der Waals surface area contributed by atoms with Gasteiger partial charge in [-0.1, -0.05) is 47.5 Å². The van der Waals surface area contributed by atoms with Crippen LogP contribution in [-0.4, -0.2) is 5.11 Å². The van der Waals surface area contributed by atoms with Crippen molar-refractivity contribution in [1.82, 2.24) is 5.32 Å². The number of aromatic hydroxyl groups is 1. The van der Waals surface area contributed by atoms with Crippen LogP contribution < -0.4 is 5.32 Å². The number of halogens is 2. The van der Waals surface area contributed by atoms with E-state index in [1.807, 2.05) is 12.1 Å². The third-order valence-electron chi connectivity index (χ3n) is 3.36. The second kappa shape index (κ2) is 6.49. The molecule has 0 heterocycles. The number of phenolic OH excluding ortho intramolecular Hbond substituents is 1. The van der Waals surface area contributed by atoms with E-state index in [4.69, 9.17) is 23.2 Å². The molecule has 0 aliphatic heterocycles. The zero-order valence-corrected chi connectivity index (χ0v) is 13.0. The number of rotatable bonds is 4. The van der Waals surface area contributed by atoms with Crippen molar-refractivity contribution in [2.75, 3.05) is 0 Å². The summed E-state index contributed by atoms with van der Waals surface area (Å²) in [5.41, 5.74) is 3.17. The first-order valence-electron chi connectivity index (χ1n) is 6.45. The minimum Gasteiger partial charge on any atom is -0.506 e. The number of phenols is 1. The minimum absolute atomic E-state index is 0.0838. The molecule has 4 heteroatoms. The van der Waals surface area contributed by atoms with Crippen LogP contribution in [0.2, 0.25) is 10.0 Å². The summed E-state index contributed by atoms with van der Waals surface area (Å²) in [7, 11) is 0. The van der Waals surface area contributed by atoms with Gasteiger partial charge >= 0.3 is 0 Å². The molecular weight excluding hydrogens is 293 g/mol. The Morgan fingerprint density at radius 3 is 2.60 bits per heavy atom. The molecule has 2 N–H and O–H groups in total. The average Bonchev–Trinajstić information content (AvgIpc) is 2.41. The van der Waals surface area contributed by atoms with Crippen molar-refractivity contribution < 1.29 is 5.11 Å². The van der Waals surface area contributed by atoms with Crippen LogP contribution in [0.3, 0.4) is 0 Å². The van der Waals surface area contributed by atoms with Gasteiger partial charge in [-0.3, -0.25) is 0 Å². The fourth-order valence-electron chi connectivity index (χ4n) is 2.20. The number of hydrogen-bond acceptors (Lipinski definition) is 2. The predicted octanol–water partition coefficient (Wildman–Crippen LogP) is 4.86. The van der Waals surface area contributed by atoms with Crippen LogP contribution in [0.25, 0.3) is 0 Å². The molecule has 0 aliphatic rings. The van der Waals surface area contributed by atoms with Crippen molar-refractivity contribution in [3.05, 3.63) is 63.1 Å². The largest absolute Gasteiger partial charge is 0.506 e. The molecule has 2 aromatic rings. The van der Waals surface area contributed by atoms with Gasteiger partial charge in [0.2, 0.25) is 0 Å². The minimum atomic E-state index is 0.0838. The lowest BCUT2D eigenvalue weighted by molar-refractivity contribution is 0.460. The standard InChI is InChI=1S/C16H17Cl2NO/c1-10-5-3-4-6-14(10)11(2)19-9-12-7-13(17)8-15(18)16(12)20/h3-8,11,19-20H,9H2,1-2H3. The van der Waals surface area contributed by atoms with Crippen LogP contribution in [0.4, 0.5) is 0 Å². The quantitative estimate of drug-likeness (QED) is 0.845. The third kappa shape index (κ3) is 3.45. The van der Waals surface area contributed by atoms with Gasteiger partial charge in [-0.25, -0.2) is 0 Å². The van der Waals surface area contributed by atoms with Crippen LogP contribution in [0.1, 0.15) is 29.7 Å². The number of aryl methyl sites for hydroxylation is 1. The van der Waals surface area contributed by atoms with Crippen LogP contribution in [0, 0.1) is 6.92 Å². The Balaban J connectivity index is 2.11. The zero-order valence-electron chi connectivity index (χ0n) is 11.5. The van der Waals surface area contributed by atoms with Crippen molar-refractivity contribution in [3.8, 4) is 5.75 Å².